The zero-order chi connectivity index (χ0) is 20.0. The van der Waals surface area contributed by atoms with Gasteiger partial charge in [-0.3, -0.25) is 4.72 Å². The summed E-state index contributed by atoms with van der Waals surface area (Å²) in [5.74, 6) is 1.84. The molecule has 2 rings (SSSR count). The summed E-state index contributed by atoms with van der Waals surface area (Å²) in [7, 11) is -0.818. The molecule has 2 aromatic carbocycles. The number of hydrogen-bond acceptors (Lipinski definition) is 6. The number of nitrogens with one attached hydrogen (secondary N) is 1. The van der Waals surface area contributed by atoms with Crippen molar-refractivity contribution in [2.24, 2.45) is 0 Å². The van der Waals surface area contributed by atoms with Crippen molar-refractivity contribution in [3.05, 3.63) is 35.9 Å². The summed E-state index contributed by atoms with van der Waals surface area (Å²) in [6, 6.07) is 7.81. The van der Waals surface area contributed by atoms with Crippen LogP contribution in [0.25, 0.3) is 0 Å². The fraction of sp³-hybridized carbons (Fsp3) is 0.368. The molecule has 0 radical (unpaired) electrons. The van der Waals surface area contributed by atoms with Gasteiger partial charge < -0.3 is 18.9 Å². The topological polar surface area (TPSA) is 83.1 Å². The SMILES string of the molecule is CCOc1ccc(S(=O)(=O)Nc2cc(OC)c(OC)cc2C)cc1OCC. The molecule has 0 saturated heterocycles. The van der Waals surface area contributed by atoms with Crippen LogP contribution in [-0.2, 0) is 10.0 Å². The highest BCUT2D eigenvalue weighted by molar-refractivity contribution is 7.92. The zero-order valence-corrected chi connectivity index (χ0v) is 17.0. The molecule has 1 N–H and O–H groups in total. The first-order valence-electron chi connectivity index (χ1n) is 8.51. The Labute approximate surface area is 160 Å². The van der Waals surface area contributed by atoms with Gasteiger partial charge in [0.15, 0.2) is 23.0 Å². The molecule has 0 unspecified atom stereocenters. The second-order valence-electron chi connectivity index (χ2n) is 5.60. The van der Waals surface area contributed by atoms with Crippen molar-refractivity contribution in [2.75, 3.05) is 32.2 Å². The van der Waals surface area contributed by atoms with Gasteiger partial charge in [-0.1, -0.05) is 0 Å². The van der Waals surface area contributed by atoms with Crippen LogP contribution in [0.5, 0.6) is 23.0 Å². The molecule has 0 heterocycles. The zero-order valence-electron chi connectivity index (χ0n) is 16.2. The standard InChI is InChI=1S/C19H25NO6S/c1-6-25-16-9-8-14(11-19(16)26-7-2)27(21,22)20-15-12-18(24-5)17(23-4)10-13(15)3/h8-12,20H,6-7H2,1-5H3. The van der Waals surface area contributed by atoms with E-state index in [2.05, 4.69) is 4.72 Å². The summed E-state index contributed by atoms with van der Waals surface area (Å²) in [5, 5.41) is 0. The second kappa shape index (κ2) is 8.85. The fourth-order valence-electron chi connectivity index (χ4n) is 2.49. The Morgan fingerprint density at radius 1 is 0.852 bits per heavy atom. The maximum atomic E-state index is 12.9. The van der Waals surface area contributed by atoms with E-state index in [0.29, 0.717) is 47.5 Å². The molecule has 148 valence electrons. The number of rotatable bonds is 9. The normalized spacial score (nSPS) is 11.0. The number of methoxy groups -OCH3 is 2. The third-order valence-corrected chi connectivity index (χ3v) is 5.16. The van der Waals surface area contributed by atoms with Gasteiger partial charge in [0, 0.05) is 12.1 Å². The van der Waals surface area contributed by atoms with E-state index < -0.39 is 10.0 Å². The molecule has 8 heteroatoms. The summed E-state index contributed by atoms with van der Waals surface area (Å²) < 4.78 is 49.8. The van der Waals surface area contributed by atoms with Crippen molar-refractivity contribution in [1.29, 1.82) is 0 Å². The van der Waals surface area contributed by atoms with E-state index in [9.17, 15) is 8.42 Å². The van der Waals surface area contributed by atoms with Gasteiger partial charge in [-0.2, -0.15) is 0 Å². The Morgan fingerprint density at radius 2 is 1.44 bits per heavy atom. The molecule has 27 heavy (non-hydrogen) atoms. The monoisotopic (exact) mass is 395 g/mol. The molecular formula is C19H25NO6S. The Morgan fingerprint density at radius 3 is 2.04 bits per heavy atom. The van der Waals surface area contributed by atoms with Crippen molar-refractivity contribution < 1.29 is 27.4 Å². The van der Waals surface area contributed by atoms with Crippen LogP contribution in [0.2, 0.25) is 0 Å². The lowest BCUT2D eigenvalue weighted by Crippen LogP contribution is -2.14. The van der Waals surface area contributed by atoms with Crippen molar-refractivity contribution in [1.82, 2.24) is 0 Å². The lowest BCUT2D eigenvalue weighted by atomic mass is 10.2. The van der Waals surface area contributed by atoms with Crippen molar-refractivity contribution >= 4 is 15.7 Å². The van der Waals surface area contributed by atoms with E-state index in [0.717, 1.165) is 0 Å². The van der Waals surface area contributed by atoms with Gasteiger partial charge in [0.05, 0.1) is 38.0 Å². The lowest BCUT2D eigenvalue weighted by molar-refractivity contribution is 0.287. The Hall–Kier alpha value is -2.61. The predicted molar refractivity (Wildman–Crippen MR) is 104 cm³/mol. The van der Waals surface area contributed by atoms with E-state index in [1.165, 1.54) is 26.4 Å². The van der Waals surface area contributed by atoms with Crippen molar-refractivity contribution in [3.8, 4) is 23.0 Å². The number of sulfonamides is 1. The first kappa shape index (κ1) is 20.7. The minimum absolute atomic E-state index is 0.0728. The molecule has 0 fully saturated rings. The summed E-state index contributed by atoms with van der Waals surface area (Å²) >= 11 is 0. The fourth-order valence-corrected chi connectivity index (χ4v) is 3.63. The van der Waals surface area contributed by atoms with Gasteiger partial charge in [0.2, 0.25) is 0 Å². The van der Waals surface area contributed by atoms with Crippen LogP contribution in [-0.4, -0.2) is 35.9 Å². The maximum absolute atomic E-state index is 12.9. The number of ether oxygens (including phenoxy) is 4. The van der Waals surface area contributed by atoms with Gasteiger partial charge >= 0.3 is 0 Å². The molecule has 0 spiro atoms. The molecule has 0 amide bonds. The highest BCUT2D eigenvalue weighted by Gasteiger charge is 2.20. The summed E-state index contributed by atoms with van der Waals surface area (Å²) in [4.78, 5) is 0.0728. The maximum Gasteiger partial charge on any atom is 0.262 e. The molecule has 0 aliphatic rings. The van der Waals surface area contributed by atoms with Crippen LogP contribution >= 0.6 is 0 Å². The quantitative estimate of drug-likeness (QED) is 0.698. The number of benzene rings is 2. The van der Waals surface area contributed by atoms with Crippen LogP contribution in [0.4, 0.5) is 5.69 Å². The molecule has 0 aromatic heterocycles. The third kappa shape index (κ3) is 4.77. The molecule has 0 atom stereocenters. The van der Waals surface area contributed by atoms with Gasteiger partial charge in [0.1, 0.15) is 0 Å². The molecule has 0 aliphatic heterocycles. The molecule has 2 aromatic rings. The van der Waals surface area contributed by atoms with Crippen molar-refractivity contribution in [3.63, 3.8) is 0 Å². The van der Waals surface area contributed by atoms with E-state index in [4.69, 9.17) is 18.9 Å². The van der Waals surface area contributed by atoms with E-state index in [-0.39, 0.29) is 4.90 Å². The largest absolute Gasteiger partial charge is 0.493 e. The van der Waals surface area contributed by atoms with E-state index in [1.807, 2.05) is 13.8 Å². The second-order valence-corrected chi connectivity index (χ2v) is 7.28. The minimum Gasteiger partial charge on any atom is -0.493 e. The molecule has 0 saturated carbocycles. The molecule has 0 bridgehead atoms. The molecule has 0 aliphatic carbocycles. The van der Waals surface area contributed by atoms with Crippen LogP contribution < -0.4 is 23.7 Å². The smallest absolute Gasteiger partial charge is 0.262 e. The molecular weight excluding hydrogens is 370 g/mol. The highest BCUT2D eigenvalue weighted by atomic mass is 32.2. The van der Waals surface area contributed by atoms with Gasteiger partial charge in [-0.15, -0.1) is 0 Å². The van der Waals surface area contributed by atoms with Crippen LogP contribution in [0, 0.1) is 6.92 Å². The van der Waals surface area contributed by atoms with Gasteiger partial charge in [-0.05, 0) is 44.5 Å². The Balaban J connectivity index is 2.40. The highest BCUT2D eigenvalue weighted by Crippen LogP contribution is 2.35. The minimum atomic E-state index is -3.83. The van der Waals surface area contributed by atoms with Crippen LogP contribution in [0.15, 0.2) is 35.2 Å². The number of aryl methyl sites for hydroxylation is 1. The average Bonchev–Trinajstić information content (AvgIpc) is 2.64. The summed E-state index contributed by atoms with van der Waals surface area (Å²) in [6.45, 7) is 6.30. The first-order valence-corrected chi connectivity index (χ1v) is 9.99. The Bertz CT molecular complexity index is 895. The van der Waals surface area contributed by atoms with Crippen LogP contribution in [0.1, 0.15) is 19.4 Å². The molecule has 7 nitrogen and oxygen atoms in total. The Kier molecular flexibility index (Phi) is 6.79. The summed E-state index contributed by atoms with van der Waals surface area (Å²) in [5.41, 5.74) is 1.10. The summed E-state index contributed by atoms with van der Waals surface area (Å²) in [6.07, 6.45) is 0. The number of anilines is 1. The average molecular weight is 395 g/mol. The lowest BCUT2D eigenvalue weighted by Gasteiger charge is -2.16. The third-order valence-electron chi connectivity index (χ3n) is 3.80. The first-order chi connectivity index (χ1) is 12.9. The predicted octanol–water partition coefficient (Wildman–Crippen LogP) is 3.61. The van der Waals surface area contributed by atoms with Gasteiger partial charge in [-0.25, -0.2) is 8.42 Å². The van der Waals surface area contributed by atoms with E-state index >= 15 is 0 Å². The van der Waals surface area contributed by atoms with E-state index in [1.54, 1.807) is 25.1 Å². The van der Waals surface area contributed by atoms with Gasteiger partial charge in [0.25, 0.3) is 10.0 Å². The van der Waals surface area contributed by atoms with Crippen LogP contribution in [0.3, 0.4) is 0 Å². The van der Waals surface area contributed by atoms with Crippen molar-refractivity contribution in [2.45, 2.75) is 25.7 Å². The number of hydrogen-bond donors (Lipinski definition) is 1.